The van der Waals surface area contributed by atoms with E-state index in [9.17, 15) is 19.1 Å². The molecule has 0 aliphatic carbocycles. The first-order valence-corrected chi connectivity index (χ1v) is 14.7. The van der Waals surface area contributed by atoms with Gasteiger partial charge in [-0.3, -0.25) is 9.69 Å². The van der Waals surface area contributed by atoms with E-state index in [0.717, 1.165) is 10.7 Å². The average molecular weight is 600 g/mol. The van der Waals surface area contributed by atoms with E-state index in [0.29, 0.717) is 66.8 Å². The highest BCUT2D eigenvalue weighted by Crippen LogP contribution is 2.38. The Morgan fingerprint density at radius 1 is 1.29 bits per heavy atom. The molecule has 41 heavy (non-hydrogen) atoms. The van der Waals surface area contributed by atoms with Crippen LogP contribution in [0.25, 0.3) is 5.70 Å². The van der Waals surface area contributed by atoms with Crippen LogP contribution in [0.5, 0.6) is 0 Å². The van der Waals surface area contributed by atoms with Crippen molar-refractivity contribution in [2.75, 3.05) is 46.4 Å². The largest absolute Gasteiger partial charge is 0.481 e. The zero-order chi connectivity index (χ0) is 29.5. The van der Waals surface area contributed by atoms with Gasteiger partial charge in [-0.2, -0.15) is 0 Å². The first-order valence-electron chi connectivity index (χ1n) is 13.5. The van der Waals surface area contributed by atoms with Crippen molar-refractivity contribution in [1.29, 1.82) is 0 Å². The summed E-state index contributed by atoms with van der Waals surface area (Å²) in [6.45, 7) is 8.63. The molecule has 0 radical (unpaired) electrons. The van der Waals surface area contributed by atoms with Crippen molar-refractivity contribution in [1.82, 2.24) is 25.0 Å². The predicted octanol–water partition coefficient (Wildman–Crippen LogP) is 3.44. The number of aromatic nitrogens is 1. The fourth-order valence-corrected chi connectivity index (χ4v) is 6.77. The average Bonchev–Trinajstić information content (AvgIpc) is 3.58. The minimum absolute atomic E-state index is 0.0989. The second-order valence-corrected chi connectivity index (χ2v) is 12.6. The number of thiocarbonyl (C=S) groups is 1. The molecule has 4 heterocycles. The summed E-state index contributed by atoms with van der Waals surface area (Å²) in [5.74, 6) is -2.19. The number of thiazole rings is 1. The maximum atomic E-state index is 14.7. The number of esters is 1. The third-order valence-corrected chi connectivity index (χ3v) is 9.33. The van der Waals surface area contributed by atoms with Gasteiger partial charge in [0.05, 0.1) is 29.8 Å². The number of halogens is 1. The Kier molecular flexibility index (Phi) is 8.18. The number of rotatable bonds is 8. The second-order valence-electron chi connectivity index (χ2n) is 11.3. The van der Waals surface area contributed by atoms with E-state index in [1.54, 1.807) is 33.0 Å². The number of carboxylic acids is 1. The van der Waals surface area contributed by atoms with Crippen molar-refractivity contribution >= 4 is 46.3 Å². The highest BCUT2D eigenvalue weighted by atomic mass is 32.1. The van der Waals surface area contributed by atoms with Gasteiger partial charge in [0.25, 0.3) is 0 Å². The van der Waals surface area contributed by atoms with Crippen LogP contribution in [0.1, 0.15) is 35.9 Å². The minimum atomic E-state index is -0.923. The standard InChI is InChI=1S/C29H34FN5O4S2/c1-17-19(6-5-7-21(17)30)20-12-22(25-31-8-11-41-25)32-23(24(20)26(36)39-4)15-33-9-10-35-18(13-33)14-34(28(35)40)16-29(2,3)27(37)38/h5-8,11-12,18,20,32H,9-10,13-16H2,1-4H3,(H,37,38)/t18-,20-/m0/s1. The molecule has 2 fully saturated rings. The topological polar surface area (TPSA) is 98.2 Å². The third kappa shape index (κ3) is 5.73. The van der Waals surface area contributed by atoms with Gasteiger partial charge in [0.2, 0.25) is 0 Å². The summed E-state index contributed by atoms with van der Waals surface area (Å²) in [5, 5.41) is 16.4. The Balaban J connectivity index is 1.44. The number of dihydropyridines is 1. The first kappa shape index (κ1) is 29.2. The molecule has 0 saturated carbocycles. The fraction of sp³-hybridized carbons (Fsp3) is 0.448. The van der Waals surface area contributed by atoms with Crippen molar-refractivity contribution < 1.29 is 23.8 Å². The van der Waals surface area contributed by atoms with E-state index in [2.05, 4.69) is 20.1 Å². The van der Waals surface area contributed by atoms with Crippen molar-refractivity contribution in [3.8, 4) is 0 Å². The van der Waals surface area contributed by atoms with Crippen LogP contribution in [0.2, 0.25) is 0 Å². The van der Waals surface area contributed by atoms with Gasteiger partial charge in [0, 0.05) is 62.5 Å². The van der Waals surface area contributed by atoms with Crippen LogP contribution in [-0.2, 0) is 14.3 Å². The Morgan fingerprint density at radius 2 is 2.07 bits per heavy atom. The normalized spacial score (nSPS) is 21.5. The number of aliphatic carboxylic acids is 1. The Labute approximate surface area is 248 Å². The summed E-state index contributed by atoms with van der Waals surface area (Å²) in [5.41, 5.74) is 2.15. The van der Waals surface area contributed by atoms with Crippen molar-refractivity contribution in [2.45, 2.75) is 32.7 Å². The number of hydrogen-bond acceptors (Lipinski definition) is 8. The number of piperazine rings is 1. The van der Waals surface area contributed by atoms with Gasteiger partial charge in [-0.05, 0) is 56.3 Å². The molecule has 5 rings (SSSR count). The predicted molar refractivity (Wildman–Crippen MR) is 159 cm³/mol. The molecule has 12 heteroatoms. The number of allylic oxidation sites excluding steroid dienone is 1. The summed E-state index contributed by atoms with van der Waals surface area (Å²) < 4.78 is 19.9. The molecule has 3 aliphatic heterocycles. The van der Waals surface area contributed by atoms with Gasteiger partial charge < -0.3 is 25.0 Å². The number of carboxylic acid groups (broad SMARTS) is 1. The molecule has 218 valence electrons. The van der Waals surface area contributed by atoms with Crippen LogP contribution in [0.15, 0.2) is 47.1 Å². The molecular weight excluding hydrogens is 565 g/mol. The Hall–Kier alpha value is -3.35. The summed E-state index contributed by atoms with van der Waals surface area (Å²) in [6, 6.07) is 5.02. The number of fused-ring (bicyclic) bond motifs is 1. The second kappa shape index (κ2) is 11.5. The molecule has 9 nitrogen and oxygen atoms in total. The molecular formula is C29H34FN5O4S2. The molecule has 3 aliphatic rings. The van der Waals surface area contributed by atoms with E-state index >= 15 is 0 Å². The molecule has 2 N–H and O–H groups in total. The van der Waals surface area contributed by atoms with Crippen molar-refractivity contribution in [2.24, 2.45) is 5.41 Å². The lowest BCUT2D eigenvalue weighted by Crippen LogP contribution is -2.53. The molecule has 0 bridgehead atoms. The maximum absolute atomic E-state index is 14.7. The number of hydrogen-bond donors (Lipinski definition) is 2. The molecule has 2 aromatic rings. The lowest BCUT2D eigenvalue weighted by molar-refractivity contribution is -0.147. The number of methoxy groups -OCH3 is 1. The van der Waals surface area contributed by atoms with E-state index in [4.69, 9.17) is 17.0 Å². The van der Waals surface area contributed by atoms with Gasteiger partial charge in [-0.15, -0.1) is 11.3 Å². The maximum Gasteiger partial charge on any atom is 0.336 e. The highest BCUT2D eigenvalue weighted by Gasteiger charge is 2.42. The minimum Gasteiger partial charge on any atom is -0.481 e. The van der Waals surface area contributed by atoms with E-state index < -0.39 is 23.3 Å². The summed E-state index contributed by atoms with van der Waals surface area (Å²) >= 11 is 7.21. The lowest BCUT2D eigenvalue weighted by atomic mass is 9.84. The van der Waals surface area contributed by atoms with Gasteiger partial charge >= 0.3 is 11.9 Å². The van der Waals surface area contributed by atoms with E-state index in [1.807, 2.05) is 22.4 Å². The van der Waals surface area contributed by atoms with Crippen LogP contribution in [0.4, 0.5) is 4.39 Å². The molecule has 2 atom stereocenters. The lowest BCUT2D eigenvalue weighted by Gasteiger charge is -2.39. The Bertz CT molecular complexity index is 1420. The fourth-order valence-electron chi connectivity index (χ4n) is 5.77. The van der Waals surface area contributed by atoms with Crippen LogP contribution >= 0.6 is 23.6 Å². The zero-order valence-electron chi connectivity index (χ0n) is 23.5. The number of carbonyl (C=O) groups is 2. The van der Waals surface area contributed by atoms with E-state index in [1.165, 1.54) is 24.5 Å². The number of nitrogens with one attached hydrogen (secondary N) is 1. The molecule has 0 amide bonds. The van der Waals surface area contributed by atoms with Crippen molar-refractivity contribution in [3.63, 3.8) is 0 Å². The number of carbonyl (C=O) groups excluding carboxylic acids is 1. The smallest absolute Gasteiger partial charge is 0.336 e. The highest BCUT2D eigenvalue weighted by molar-refractivity contribution is 7.80. The van der Waals surface area contributed by atoms with Crippen LogP contribution in [-0.4, -0.2) is 94.3 Å². The van der Waals surface area contributed by atoms with Crippen LogP contribution < -0.4 is 5.32 Å². The summed E-state index contributed by atoms with van der Waals surface area (Å²) in [7, 11) is 1.36. The number of nitrogens with zero attached hydrogens (tertiary/aromatic N) is 4. The zero-order valence-corrected chi connectivity index (χ0v) is 25.1. The number of ether oxygens (including phenoxy) is 1. The SMILES string of the molecule is COC(=O)C1=C(CN2CCN3C(=S)N(CC(C)(C)C(=O)O)C[C@@H]3C2)NC(c2nccs2)=C[C@H]1c1cccc(F)c1C. The van der Waals surface area contributed by atoms with Crippen LogP contribution in [0, 0.1) is 18.2 Å². The quantitative estimate of drug-likeness (QED) is 0.347. The van der Waals surface area contributed by atoms with E-state index in [-0.39, 0.29) is 11.9 Å². The van der Waals surface area contributed by atoms with Crippen molar-refractivity contribution in [3.05, 3.63) is 69.1 Å². The molecule has 2 saturated heterocycles. The molecule has 1 aromatic heterocycles. The van der Waals surface area contributed by atoms with Gasteiger partial charge in [-0.1, -0.05) is 12.1 Å². The summed E-state index contributed by atoms with van der Waals surface area (Å²) in [6.07, 6.45) is 3.65. The monoisotopic (exact) mass is 599 g/mol. The number of benzene rings is 1. The first-order chi connectivity index (χ1) is 19.5. The molecule has 0 spiro atoms. The summed E-state index contributed by atoms with van der Waals surface area (Å²) in [4.78, 5) is 35.9. The van der Waals surface area contributed by atoms with Gasteiger partial charge in [0.15, 0.2) is 5.11 Å². The van der Waals surface area contributed by atoms with Gasteiger partial charge in [0.1, 0.15) is 10.8 Å². The molecule has 1 aromatic carbocycles. The third-order valence-electron chi connectivity index (χ3n) is 8.03. The van der Waals surface area contributed by atoms with Crippen LogP contribution in [0.3, 0.4) is 0 Å². The molecule has 0 unspecified atom stereocenters. The van der Waals surface area contributed by atoms with Gasteiger partial charge in [-0.25, -0.2) is 14.2 Å². The Morgan fingerprint density at radius 3 is 2.76 bits per heavy atom.